The van der Waals surface area contributed by atoms with E-state index in [4.69, 9.17) is 14.2 Å². The molecule has 0 aromatic heterocycles. The molecule has 0 aliphatic rings. The maximum Gasteiger partial charge on any atom is 0.306 e. The first-order valence-corrected chi connectivity index (χ1v) is 22.8. The Bertz CT molecular complexity index is 946. The molecule has 0 radical (unpaired) electrons. The van der Waals surface area contributed by atoms with E-state index in [0.717, 1.165) is 77.0 Å². The van der Waals surface area contributed by atoms with Gasteiger partial charge in [0.15, 0.2) is 6.10 Å². The molecule has 0 fully saturated rings. The molecule has 0 spiro atoms. The van der Waals surface area contributed by atoms with Gasteiger partial charge in [-0.1, -0.05) is 184 Å². The third kappa shape index (κ3) is 42.3. The highest BCUT2D eigenvalue weighted by Crippen LogP contribution is 2.13. The number of allylic oxidation sites excluding steroid dienone is 10. The van der Waals surface area contributed by atoms with Crippen molar-refractivity contribution in [3.63, 3.8) is 0 Å². The minimum absolute atomic E-state index is 0.0755. The molecule has 0 saturated carbocycles. The molecule has 0 aliphatic carbocycles. The predicted octanol–water partition coefficient (Wildman–Crippen LogP) is 15.0. The lowest BCUT2D eigenvalue weighted by atomic mass is 10.1. The molecule has 54 heavy (non-hydrogen) atoms. The zero-order valence-corrected chi connectivity index (χ0v) is 35.7. The molecule has 0 aliphatic heterocycles. The van der Waals surface area contributed by atoms with Crippen LogP contribution in [0.15, 0.2) is 60.8 Å². The first-order valence-electron chi connectivity index (χ1n) is 22.8. The monoisotopic (exact) mass is 755 g/mol. The average Bonchev–Trinajstić information content (AvgIpc) is 3.17. The van der Waals surface area contributed by atoms with E-state index in [1.807, 2.05) is 0 Å². The van der Waals surface area contributed by atoms with Gasteiger partial charge in [-0.15, -0.1) is 0 Å². The van der Waals surface area contributed by atoms with Crippen LogP contribution in [-0.2, 0) is 23.8 Å². The van der Waals surface area contributed by atoms with Gasteiger partial charge in [0.05, 0.1) is 6.61 Å². The fourth-order valence-corrected chi connectivity index (χ4v) is 6.15. The van der Waals surface area contributed by atoms with Crippen molar-refractivity contribution >= 4 is 11.9 Å². The molecular weight excluding hydrogens is 669 g/mol. The van der Waals surface area contributed by atoms with Crippen LogP contribution in [0.4, 0.5) is 0 Å². The lowest BCUT2D eigenvalue weighted by Gasteiger charge is -2.18. The molecule has 1 unspecified atom stereocenters. The molecule has 0 aromatic carbocycles. The third-order valence-electron chi connectivity index (χ3n) is 9.52. The van der Waals surface area contributed by atoms with E-state index in [-0.39, 0.29) is 25.2 Å². The van der Waals surface area contributed by atoms with E-state index in [1.165, 1.54) is 103 Å². The van der Waals surface area contributed by atoms with Crippen LogP contribution < -0.4 is 0 Å². The van der Waals surface area contributed by atoms with Gasteiger partial charge in [-0.05, 0) is 77.0 Å². The predicted molar refractivity (Wildman–Crippen MR) is 233 cm³/mol. The highest BCUT2D eigenvalue weighted by atomic mass is 16.6. The molecule has 5 heteroatoms. The maximum atomic E-state index is 12.6. The number of hydrogen-bond acceptors (Lipinski definition) is 5. The fraction of sp³-hybridized carbons (Fsp3) is 0.755. The van der Waals surface area contributed by atoms with E-state index < -0.39 is 6.10 Å². The summed E-state index contributed by atoms with van der Waals surface area (Å²) < 4.78 is 17.2. The molecule has 0 amide bonds. The van der Waals surface area contributed by atoms with Crippen molar-refractivity contribution in [1.29, 1.82) is 0 Å². The number of carbonyl (C=O) groups excluding carboxylic acids is 2. The van der Waals surface area contributed by atoms with Gasteiger partial charge in [0.25, 0.3) is 0 Å². The van der Waals surface area contributed by atoms with Crippen LogP contribution in [0.1, 0.15) is 213 Å². The van der Waals surface area contributed by atoms with Crippen molar-refractivity contribution in [2.75, 3.05) is 19.8 Å². The molecule has 0 heterocycles. The first kappa shape index (κ1) is 51.6. The summed E-state index contributed by atoms with van der Waals surface area (Å²) in [6.07, 6.45) is 55.1. The standard InChI is InChI=1S/C49H86O5/c1-4-7-10-13-16-18-20-22-24-25-26-27-29-31-34-36-39-42-48(50)53-46-47(54-49(51)43-40-37-33-15-12-9-6-3)45-52-44-41-38-35-32-30-28-23-21-19-17-14-11-8-5-2/h7,10-11,14,16,18-19,21-22,24,47H,4-6,8-9,12-13,15,17,20,23,25-46H2,1-3H3/b10-7-,14-11-,18-16-,21-19-,24-22-. The summed E-state index contributed by atoms with van der Waals surface area (Å²) in [6, 6.07) is 0. The third-order valence-corrected chi connectivity index (χ3v) is 9.52. The fourth-order valence-electron chi connectivity index (χ4n) is 6.15. The zero-order chi connectivity index (χ0) is 39.3. The maximum absolute atomic E-state index is 12.6. The van der Waals surface area contributed by atoms with Crippen LogP contribution in [0.2, 0.25) is 0 Å². The van der Waals surface area contributed by atoms with Gasteiger partial charge in [0, 0.05) is 19.4 Å². The average molecular weight is 755 g/mol. The minimum Gasteiger partial charge on any atom is -0.462 e. The second-order valence-corrected chi connectivity index (χ2v) is 14.9. The van der Waals surface area contributed by atoms with Crippen molar-refractivity contribution in [1.82, 2.24) is 0 Å². The van der Waals surface area contributed by atoms with Gasteiger partial charge in [0.2, 0.25) is 0 Å². The Balaban J connectivity index is 4.17. The molecule has 0 rings (SSSR count). The summed E-state index contributed by atoms with van der Waals surface area (Å²) in [7, 11) is 0. The second kappa shape index (κ2) is 45.0. The number of rotatable bonds is 41. The molecule has 1 atom stereocenters. The van der Waals surface area contributed by atoms with Crippen molar-refractivity contribution in [2.24, 2.45) is 0 Å². The molecule has 0 aromatic rings. The Kier molecular flexibility index (Phi) is 43.0. The van der Waals surface area contributed by atoms with Crippen molar-refractivity contribution < 1.29 is 23.8 Å². The number of carbonyl (C=O) groups is 2. The van der Waals surface area contributed by atoms with Crippen LogP contribution in [0.5, 0.6) is 0 Å². The largest absolute Gasteiger partial charge is 0.462 e. The Labute approximate surface area is 334 Å². The van der Waals surface area contributed by atoms with Crippen molar-refractivity contribution in [3.8, 4) is 0 Å². The highest BCUT2D eigenvalue weighted by Gasteiger charge is 2.17. The summed E-state index contributed by atoms with van der Waals surface area (Å²) in [5.41, 5.74) is 0. The Morgan fingerprint density at radius 3 is 1.41 bits per heavy atom. The molecule has 0 N–H and O–H groups in total. The van der Waals surface area contributed by atoms with Crippen LogP contribution in [0.25, 0.3) is 0 Å². The Morgan fingerprint density at radius 1 is 0.426 bits per heavy atom. The van der Waals surface area contributed by atoms with E-state index in [9.17, 15) is 9.59 Å². The van der Waals surface area contributed by atoms with Crippen molar-refractivity contribution in [2.45, 2.75) is 219 Å². The number of ether oxygens (including phenoxy) is 3. The summed E-state index contributed by atoms with van der Waals surface area (Å²) in [5.74, 6) is -0.420. The molecule has 312 valence electrons. The number of unbranched alkanes of at least 4 members (excludes halogenated alkanes) is 20. The van der Waals surface area contributed by atoms with E-state index in [0.29, 0.717) is 19.4 Å². The van der Waals surface area contributed by atoms with Gasteiger partial charge in [-0.3, -0.25) is 9.59 Å². The van der Waals surface area contributed by atoms with Gasteiger partial charge >= 0.3 is 11.9 Å². The molecule has 0 bridgehead atoms. The number of esters is 2. The Morgan fingerprint density at radius 2 is 0.870 bits per heavy atom. The van der Waals surface area contributed by atoms with Crippen LogP contribution >= 0.6 is 0 Å². The topological polar surface area (TPSA) is 61.8 Å². The lowest BCUT2D eigenvalue weighted by Crippen LogP contribution is -2.30. The summed E-state index contributed by atoms with van der Waals surface area (Å²) >= 11 is 0. The minimum atomic E-state index is -0.541. The molecule has 0 saturated heterocycles. The second-order valence-electron chi connectivity index (χ2n) is 14.9. The molecule has 5 nitrogen and oxygen atoms in total. The summed E-state index contributed by atoms with van der Waals surface area (Å²) in [4.78, 5) is 25.1. The quantitative estimate of drug-likeness (QED) is 0.0353. The zero-order valence-electron chi connectivity index (χ0n) is 35.7. The normalized spacial score (nSPS) is 12.7. The Hall–Kier alpha value is -2.40. The van der Waals surface area contributed by atoms with Gasteiger partial charge < -0.3 is 14.2 Å². The van der Waals surface area contributed by atoms with Gasteiger partial charge in [-0.2, -0.15) is 0 Å². The molecular formula is C49H86O5. The summed E-state index contributed by atoms with van der Waals surface area (Å²) in [6.45, 7) is 7.59. The van der Waals surface area contributed by atoms with Gasteiger partial charge in [-0.25, -0.2) is 0 Å². The van der Waals surface area contributed by atoms with Gasteiger partial charge in [0.1, 0.15) is 6.61 Å². The van der Waals surface area contributed by atoms with Crippen LogP contribution in [-0.4, -0.2) is 37.9 Å². The number of hydrogen-bond donors (Lipinski definition) is 0. The van der Waals surface area contributed by atoms with E-state index in [2.05, 4.69) is 81.5 Å². The highest BCUT2D eigenvalue weighted by molar-refractivity contribution is 5.70. The first-order chi connectivity index (χ1) is 26.6. The van der Waals surface area contributed by atoms with E-state index in [1.54, 1.807) is 0 Å². The van der Waals surface area contributed by atoms with Crippen molar-refractivity contribution in [3.05, 3.63) is 60.8 Å². The summed E-state index contributed by atoms with van der Waals surface area (Å²) in [5, 5.41) is 0. The van der Waals surface area contributed by atoms with E-state index >= 15 is 0 Å². The van der Waals surface area contributed by atoms with Crippen LogP contribution in [0, 0.1) is 0 Å². The SMILES string of the molecule is CC/C=C\C/C=C\C/C=C\CCCCCCCCCC(=O)OCC(COCCCCCCCC/C=C\C/C=C\CCC)OC(=O)CCCCCCCCC. The lowest BCUT2D eigenvalue weighted by molar-refractivity contribution is -0.163. The smallest absolute Gasteiger partial charge is 0.306 e. The van der Waals surface area contributed by atoms with Crippen LogP contribution in [0.3, 0.4) is 0 Å².